The molecule has 0 aromatic carbocycles. The summed E-state index contributed by atoms with van der Waals surface area (Å²) >= 11 is 0. The lowest BCUT2D eigenvalue weighted by Crippen LogP contribution is -2.30. The van der Waals surface area contributed by atoms with Gasteiger partial charge < -0.3 is 5.32 Å². The monoisotopic (exact) mass is 201 g/mol. The minimum atomic E-state index is -2.65. The molecule has 4 heteroatoms. The zero-order chi connectivity index (χ0) is 10.6. The molecule has 2 nitrogen and oxygen atoms in total. The molecular formula is C10H13F2NO. The van der Waals surface area contributed by atoms with E-state index < -0.39 is 11.8 Å². The molecule has 0 aliphatic heterocycles. The van der Waals surface area contributed by atoms with Gasteiger partial charge in [0.2, 0.25) is 11.8 Å². The molecule has 0 aromatic rings. The number of rotatable bonds is 2. The van der Waals surface area contributed by atoms with E-state index >= 15 is 0 Å². The normalized spacial score (nSPS) is 23.8. The molecule has 0 spiro atoms. The van der Waals surface area contributed by atoms with E-state index in [1.807, 2.05) is 0 Å². The molecule has 1 aliphatic rings. The van der Waals surface area contributed by atoms with Crippen LogP contribution < -0.4 is 5.32 Å². The van der Waals surface area contributed by atoms with Crippen LogP contribution >= 0.6 is 0 Å². The fraction of sp³-hybridized carbons (Fsp3) is 0.700. The van der Waals surface area contributed by atoms with Crippen LogP contribution in [0.4, 0.5) is 8.78 Å². The maximum atomic E-state index is 12.7. The quantitative estimate of drug-likeness (QED) is 0.675. The van der Waals surface area contributed by atoms with Crippen LogP contribution in [0.3, 0.4) is 0 Å². The molecule has 0 aromatic heterocycles. The molecule has 0 saturated heterocycles. The van der Waals surface area contributed by atoms with Crippen molar-refractivity contribution >= 4 is 5.91 Å². The van der Waals surface area contributed by atoms with E-state index in [9.17, 15) is 13.6 Å². The third-order valence-corrected chi connectivity index (χ3v) is 2.30. The summed E-state index contributed by atoms with van der Waals surface area (Å²) in [5.74, 6) is 1.78. The van der Waals surface area contributed by atoms with Gasteiger partial charge in [0, 0.05) is 18.8 Å². The lowest BCUT2D eigenvalue weighted by atomic mass is 10.1. The highest BCUT2D eigenvalue weighted by molar-refractivity contribution is 5.79. The first-order valence-electron chi connectivity index (χ1n) is 4.60. The number of carbonyl (C=O) groups is 1. The molecule has 1 amide bonds. The first-order chi connectivity index (χ1) is 6.55. The van der Waals surface area contributed by atoms with Crippen LogP contribution in [-0.4, -0.2) is 18.4 Å². The second-order valence-electron chi connectivity index (χ2n) is 3.44. The first kappa shape index (κ1) is 11.0. The number of halogens is 2. The Balaban J connectivity index is 2.35. The summed E-state index contributed by atoms with van der Waals surface area (Å²) in [5.41, 5.74) is 0. The number of amides is 1. The van der Waals surface area contributed by atoms with E-state index in [-0.39, 0.29) is 31.7 Å². The SMILES string of the molecule is CC#CCNC(=O)C1CCC(F)(F)C1. The molecule has 1 rings (SSSR count). The Morgan fingerprint density at radius 2 is 2.36 bits per heavy atom. The zero-order valence-corrected chi connectivity index (χ0v) is 8.07. The van der Waals surface area contributed by atoms with E-state index in [1.54, 1.807) is 6.92 Å². The van der Waals surface area contributed by atoms with Crippen molar-refractivity contribution in [3.8, 4) is 11.8 Å². The van der Waals surface area contributed by atoms with Gasteiger partial charge in [0.05, 0.1) is 6.54 Å². The highest BCUT2D eigenvalue weighted by atomic mass is 19.3. The van der Waals surface area contributed by atoms with Crippen molar-refractivity contribution < 1.29 is 13.6 Å². The van der Waals surface area contributed by atoms with Gasteiger partial charge >= 0.3 is 0 Å². The molecule has 0 radical (unpaired) electrons. The average Bonchev–Trinajstić information content (AvgIpc) is 2.46. The highest BCUT2D eigenvalue weighted by Gasteiger charge is 2.42. The highest BCUT2D eigenvalue weighted by Crippen LogP contribution is 2.38. The molecule has 1 N–H and O–H groups in total. The van der Waals surface area contributed by atoms with Crippen molar-refractivity contribution in [2.24, 2.45) is 5.92 Å². The van der Waals surface area contributed by atoms with Crippen LogP contribution in [-0.2, 0) is 4.79 Å². The summed E-state index contributed by atoms with van der Waals surface area (Å²) in [6, 6.07) is 0. The maximum absolute atomic E-state index is 12.7. The molecule has 0 bridgehead atoms. The summed E-state index contributed by atoms with van der Waals surface area (Å²) < 4.78 is 25.5. The van der Waals surface area contributed by atoms with Crippen LogP contribution in [0.25, 0.3) is 0 Å². The summed E-state index contributed by atoms with van der Waals surface area (Å²) in [6.07, 6.45) is -0.221. The third-order valence-electron chi connectivity index (χ3n) is 2.30. The molecule has 78 valence electrons. The standard InChI is InChI=1S/C10H13F2NO/c1-2-3-6-13-9(14)8-4-5-10(11,12)7-8/h8H,4-7H2,1H3,(H,13,14). The minimum Gasteiger partial charge on any atom is -0.345 e. The van der Waals surface area contributed by atoms with Crippen LogP contribution in [0.15, 0.2) is 0 Å². The number of hydrogen-bond acceptors (Lipinski definition) is 1. The molecule has 0 heterocycles. The molecule has 1 unspecified atom stereocenters. The van der Waals surface area contributed by atoms with E-state index in [2.05, 4.69) is 17.2 Å². The molecule has 1 atom stereocenters. The predicted molar refractivity (Wildman–Crippen MR) is 48.7 cm³/mol. The Hall–Kier alpha value is -1.11. The van der Waals surface area contributed by atoms with Crippen LogP contribution in [0.1, 0.15) is 26.2 Å². The largest absolute Gasteiger partial charge is 0.345 e. The zero-order valence-electron chi connectivity index (χ0n) is 8.07. The van der Waals surface area contributed by atoms with Crippen molar-refractivity contribution in [1.82, 2.24) is 5.32 Å². The fourth-order valence-electron chi connectivity index (χ4n) is 1.54. The van der Waals surface area contributed by atoms with Crippen LogP contribution in [0.5, 0.6) is 0 Å². The van der Waals surface area contributed by atoms with Crippen molar-refractivity contribution in [1.29, 1.82) is 0 Å². The van der Waals surface area contributed by atoms with E-state index in [0.29, 0.717) is 0 Å². The maximum Gasteiger partial charge on any atom is 0.248 e. The molecule has 14 heavy (non-hydrogen) atoms. The van der Waals surface area contributed by atoms with Gasteiger partial charge in [0.25, 0.3) is 0 Å². The Kier molecular flexibility index (Phi) is 3.45. The topological polar surface area (TPSA) is 29.1 Å². The lowest BCUT2D eigenvalue weighted by molar-refractivity contribution is -0.125. The van der Waals surface area contributed by atoms with Gasteiger partial charge in [-0.3, -0.25) is 4.79 Å². The van der Waals surface area contributed by atoms with Gasteiger partial charge in [-0.05, 0) is 13.3 Å². The van der Waals surface area contributed by atoms with Crippen LogP contribution in [0, 0.1) is 17.8 Å². The summed E-state index contributed by atoms with van der Waals surface area (Å²) in [7, 11) is 0. The Labute approximate surface area is 82.1 Å². The van der Waals surface area contributed by atoms with Gasteiger partial charge in [0.15, 0.2) is 0 Å². The van der Waals surface area contributed by atoms with Gasteiger partial charge in [-0.25, -0.2) is 8.78 Å². The van der Waals surface area contributed by atoms with Crippen molar-refractivity contribution in [2.45, 2.75) is 32.1 Å². The third kappa shape index (κ3) is 2.99. The van der Waals surface area contributed by atoms with Gasteiger partial charge in [-0.2, -0.15) is 0 Å². The molecule has 1 aliphatic carbocycles. The summed E-state index contributed by atoms with van der Waals surface area (Å²) in [6.45, 7) is 1.91. The van der Waals surface area contributed by atoms with Crippen molar-refractivity contribution in [3.05, 3.63) is 0 Å². The fourth-order valence-corrected chi connectivity index (χ4v) is 1.54. The second kappa shape index (κ2) is 4.41. The number of nitrogens with one attached hydrogen (secondary N) is 1. The Morgan fingerprint density at radius 3 is 2.86 bits per heavy atom. The van der Waals surface area contributed by atoms with Gasteiger partial charge in [-0.15, -0.1) is 5.92 Å². The molecular weight excluding hydrogens is 188 g/mol. The van der Waals surface area contributed by atoms with E-state index in [4.69, 9.17) is 0 Å². The predicted octanol–water partition coefficient (Wildman–Crippen LogP) is 1.56. The van der Waals surface area contributed by atoms with E-state index in [0.717, 1.165) is 0 Å². The van der Waals surface area contributed by atoms with Crippen LogP contribution in [0.2, 0.25) is 0 Å². The summed E-state index contributed by atoms with van der Waals surface area (Å²) in [4.78, 5) is 11.3. The van der Waals surface area contributed by atoms with Gasteiger partial charge in [0.1, 0.15) is 0 Å². The Bertz CT molecular complexity index is 278. The summed E-state index contributed by atoms with van der Waals surface area (Å²) in [5, 5.41) is 2.52. The van der Waals surface area contributed by atoms with E-state index in [1.165, 1.54) is 0 Å². The average molecular weight is 201 g/mol. The minimum absolute atomic E-state index is 0.176. The van der Waals surface area contributed by atoms with Crippen molar-refractivity contribution in [2.75, 3.05) is 6.54 Å². The molecule has 1 saturated carbocycles. The molecule has 1 fully saturated rings. The second-order valence-corrected chi connectivity index (χ2v) is 3.44. The first-order valence-corrected chi connectivity index (χ1v) is 4.60. The lowest BCUT2D eigenvalue weighted by Gasteiger charge is -2.09. The smallest absolute Gasteiger partial charge is 0.248 e. The van der Waals surface area contributed by atoms with Crippen molar-refractivity contribution in [3.63, 3.8) is 0 Å². The number of carbonyl (C=O) groups excluding carboxylic acids is 1. The number of alkyl halides is 2. The Morgan fingerprint density at radius 1 is 1.64 bits per heavy atom. The van der Waals surface area contributed by atoms with Gasteiger partial charge in [-0.1, -0.05) is 5.92 Å². The number of hydrogen-bond donors (Lipinski definition) is 1.